The first kappa shape index (κ1) is 22.7. The van der Waals surface area contributed by atoms with Gasteiger partial charge in [-0.25, -0.2) is 0 Å². The lowest BCUT2D eigenvalue weighted by atomic mass is 10.1. The molecule has 0 heterocycles. The number of benzene rings is 2. The predicted octanol–water partition coefficient (Wildman–Crippen LogP) is 5.30. The Morgan fingerprint density at radius 2 is 1.77 bits per heavy atom. The molecule has 0 spiro atoms. The highest BCUT2D eigenvalue weighted by atomic mass is 35.5. The van der Waals surface area contributed by atoms with E-state index in [0.29, 0.717) is 23.7 Å². The van der Waals surface area contributed by atoms with Crippen LogP contribution >= 0.6 is 23.4 Å². The summed E-state index contributed by atoms with van der Waals surface area (Å²) in [4.78, 5) is 28.8. The van der Waals surface area contributed by atoms with E-state index < -0.39 is 6.04 Å². The van der Waals surface area contributed by atoms with Crippen molar-refractivity contribution >= 4 is 35.2 Å². The summed E-state index contributed by atoms with van der Waals surface area (Å²) in [5.74, 6) is 0.546. The molecule has 0 radical (unpaired) electrons. The van der Waals surface area contributed by atoms with Gasteiger partial charge in [-0.2, -0.15) is 0 Å². The Labute approximate surface area is 188 Å². The quantitative estimate of drug-likeness (QED) is 0.534. The first-order valence-electron chi connectivity index (χ1n) is 10.6. The van der Waals surface area contributed by atoms with Gasteiger partial charge in [0.2, 0.25) is 11.8 Å². The highest BCUT2D eigenvalue weighted by Gasteiger charge is 2.28. The molecule has 1 aliphatic rings. The molecule has 2 amide bonds. The molecule has 6 heteroatoms. The molecule has 1 atom stereocenters. The minimum Gasteiger partial charge on any atom is -0.352 e. The van der Waals surface area contributed by atoms with Crippen molar-refractivity contribution in [2.24, 2.45) is 0 Å². The summed E-state index contributed by atoms with van der Waals surface area (Å²) < 4.78 is 0. The molecule has 1 fully saturated rings. The van der Waals surface area contributed by atoms with Gasteiger partial charge in [0, 0.05) is 34.7 Å². The van der Waals surface area contributed by atoms with Crippen molar-refractivity contribution in [2.75, 3.05) is 5.75 Å². The second kappa shape index (κ2) is 11.4. The normalized spacial score (nSPS) is 15.0. The Morgan fingerprint density at radius 1 is 1.10 bits per heavy atom. The monoisotopic (exact) mass is 444 g/mol. The maximum Gasteiger partial charge on any atom is 0.242 e. The molecule has 160 valence electrons. The molecule has 0 aromatic heterocycles. The highest BCUT2D eigenvalue weighted by molar-refractivity contribution is 7.99. The molecule has 1 N–H and O–H groups in total. The van der Waals surface area contributed by atoms with Crippen LogP contribution in [0.2, 0.25) is 5.02 Å². The zero-order chi connectivity index (χ0) is 21.3. The first-order valence-corrected chi connectivity index (χ1v) is 11.9. The van der Waals surface area contributed by atoms with E-state index in [1.807, 2.05) is 61.5 Å². The molecule has 3 rings (SSSR count). The van der Waals surface area contributed by atoms with Gasteiger partial charge in [0.25, 0.3) is 0 Å². The number of thioether (sulfide) groups is 1. The largest absolute Gasteiger partial charge is 0.352 e. The Hall–Kier alpha value is -1.98. The second-order valence-corrected chi connectivity index (χ2v) is 9.27. The molecule has 1 aliphatic carbocycles. The fraction of sp³-hybridized carbons (Fsp3) is 0.417. The fourth-order valence-corrected chi connectivity index (χ4v) is 4.76. The van der Waals surface area contributed by atoms with Crippen molar-refractivity contribution < 1.29 is 9.59 Å². The number of amides is 2. The zero-order valence-corrected chi connectivity index (χ0v) is 18.9. The van der Waals surface area contributed by atoms with Gasteiger partial charge in [0.1, 0.15) is 6.04 Å². The van der Waals surface area contributed by atoms with Crippen molar-refractivity contribution in [3.8, 4) is 0 Å². The van der Waals surface area contributed by atoms with Gasteiger partial charge in [-0.3, -0.25) is 9.59 Å². The number of hydrogen-bond acceptors (Lipinski definition) is 3. The molecule has 4 nitrogen and oxygen atoms in total. The number of nitrogens with one attached hydrogen (secondary N) is 1. The smallest absolute Gasteiger partial charge is 0.242 e. The van der Waals surface area contributed by atoms with Gasteiger partial charge >= 0.3 is 0 Å². The van der Waals surface area contributed by atoms with Crippen LogP contribution in [0, 0.1) is 0 Å². The van der Waals surface area contributed by atoms with E-state index >= 15 is 0 Å². The molecule has 0 saturated heterocycles. The Kier molecular flexibility index (Phi) is 8.64. The Balaban J connectivity index is 1.66. The minimum atomic E-state index is -0.545. The summed E-state index contributed by atoms with van der Waals surface area (Å²) in [7, 11) is 0. The third kappa shape index (κ3) is 6.51. The maximum absolute atomic E-state index is 13.1. The summed E-state index contributed by atoms with van der Waals surface area (Å²) in [5.41, 5.74) is 0.851. The van der Waals surface area contributed by atoms with Gasteiger partial charge in [0.15, 0.2) is 0 Å². The number of nitrogens with zero attached hydrogens (tertiary/aromatic N) is 1. The Bertz CT molecular complexity index is 840. The van der Waals surface area contributed by atoms with Crippen LogP contribution in [0.4, 0.5) is 0 Å². The average molecular weight is 445 g/mol. The molecule has 2 aromatic rings. The third-order valence-electron chi connectivity index (χ3n) is 5.50. The van der Waals surface area contributed by atoms with E-state index in [9.17, 15) is 9.59 Å². The summed E-state index contributed by atoms with van der Waals surface area (Å²) in [6, 6.07) is 17.2. The van der Waals surface area contributed by atoms with Crippen LogP contribution in [-0.2, 0) is 16.1 Å². The average Bonchev–Trinajstić information content (AvgIpc) is 3.26. The SMILES string of the molecule is C[C@H](C(=O)NC1CCCC1)N(Cc1ccccc1Cl)C(=O)CCSc1ccccc1. The van der Waals surface area contributed by atoms with E-state index in [4.69, 9.17) is 11.6 Å². The molecular formula is C24H29ClN2O2S. The minimum absolute atomic E-state index is 0.0348. The third-order valence-corrected chi connectivity index (χ3v) is 6.88. The van der Waals surface area contributed by atoms with E-state index in [2.05, 4.69) is 5.32 Å². The van der Waals surface area contributed by atoms with Crippen molar-refractivity contribution in [2.45, 2.75) is 62.6 Å². The van der Waals surface area contributed by atoms with E-state index in [0.717, 1.165) is 36.1 Å². The van der Waals surface area contributed by atoms with Crippen molar-refractivity contribution in [1.29, 1.82) is 0 Å². The van der Waals surface area contributed by atoms with Crippen LogP contribution < -0.4 is 5.32 Å². The summed E-state index contributed by atoms with van der Waals surface area (Å²) in [6.07, 6.45) is 4.71. The number of carbonyl (C=O) groups is 2. The summed E-state index contributed by atoms with van der Waals surface area (Å²) in [5, 5.41) is 3.73. The molecule has 0 unspecified atom stereocenters. The fourth-order valence-electron chi connectivity index (χ4n) is 3.70. The second-order valence-electron chi connectivity index (χ2n) is 7.69. The van der Waals surface area contributed by atoms with Crippen molar-refractivity contribution in [3.05, 3.63) is 65.2 Å². The molecule has 0 bridgehead atoms. The van der Waals surface area contributed by atoms with Gasteiger partial charge in [-0.15, -0.1) is 11.8 Å². The lowest BCUT2D eigenvalue weighted by Gasteiger charge is -2.30. The molecule has 1 saturated carbocycles. The molecule has 2 aromatic carbocycles. The van der Waals surface area contributed by atoms with Crippen LogP contribution in [0.15, 0.2) is 59.5 Å². The summed E-state index contributed by atoms with van der Waals surface area (Å²) in [6.45, 7) is 2.14. The maximum atomic E-state index is 13.1. The summed E-state index contributed by atoms with van der Waals surface area (Å²) >= 11 is 7.98. The highest BCUT2D eigenvalue weighted by Crippen LogP contribution is 2.22. The first-order chi connectivity index (χ1) is 14.5. The van der Waals surface area contributed by atoms with E-state index in [1.54, 1.807) is 16.7 Å². The van der Waals surface area contributed by atoms with Crippen LogP contribution in [0.1, 0.15) is 44.6 Å². The van der Waals surface area contributed by atoms with E-state index in [1.165, 1.54) is 0 Å². The molecular weight excluding hydrogens is 416 g/mol. The Morgan fingerprint density at radius 3 is 2.47 bits per heavy atom. The van der Waals surface area contributed by atoms with Gasteiger partial charge < -0.3 is 10.2 Å². The molecule has 0 aliphatic heterocycles. The predicted molar refractivity (Wildman–Crippen MR) is 124 cm³/mol. The van der Waals surface area contributed by atoms with Gasteiger partial charge in [0.05, 0.1) is 0 Å². The number of rotatable bonds is 9. The molecule has 30 heavy (non-hydrogen) atoms. The van der Waals surface area contributed by atoms with Gasteiger partial charge in [-0.1, -0.05) is 60.8 Å². The van der Waals surface area contributed by atoms with Gasteiger partial charge in [-0.05, 0) is 43.5 Å². The van der Waals surface area contributed by atoms with Crippen molar-refractivity contribution in [1.82, 2.24) is 10.2 Å². The standard InChI is InChI=1S/C24H29ClN2O2S/c1-18(24(29)26-20-10-6-7-11-20)27(17-19-9-5-8-14-22(19)25)23(28)15-16-30-21-12-3-2-4-13-21/h2-5,8-9,12-14,18,20H,6-7,10-11,15-17H2,1H3,(H,26,29)/t18-/m1/s1. The lowest BCUT2D eigenvalue weighted by Crippen LogP contribution is -2.49. The number of hydrogen-bond donors (Lipinski definition) is 1. The lowest BCUT2D eigenvalue weighted by molar-refractivity contribution is -0.140. The van der Waals surface area contributed by atoms with Crippen LogP contribution in [0.5, 0.6) is 0 Å². The van der Waals surface area contributed by atoms with Crippen LogP contribution in [0.3, 0.4) is 0 Å². The number of carbonyl (C=O) groups excluding carboxylic acids is 2. The zero-order valence-electron chi connectivity index (χ0n) is 17.4. The van der Waals surface area contributed by atoms with Crippen LogP contribution in [0.25, 0.3) is 0 Å². The number of halogens is 1. The van der Waals surface area contributed by atoms with Crippen LogP contribution in [-0.4, -0.2) is 34.6 Å². The van der Waals surface area contributed by atoms with E-state index in [-0.39, 0.29) is 17.9 Å². The van der Waals surface area contributed by atoms with Crippen molar-refractivity contribution in [3.63, 3.8) is 0 Å². The topological polar surface area (TPSA) is 49.4 Å².